The average Bonchev–Trinajstić information content (AvgIpc) is 2.49. The Morgan fingerprint density at radius 2 is 2.58 bits per heavy atom. The minimum atomic E-state index is 0.138. The molecule has 0 bridgehead atoms. The van der Waals surface area contributed by atoms with Crippen LogP contribution in [0.25, 0.3) is 6.08 Å². The van der Waals surface area contributed by atoms with Crippen molar-refractivity contribution in [3.63, 3.8) is 0 Å². The molecule has 64 valence electrons. The van der Waals surface area contributed by atoms with Gasteiger partial charge in [-0.15, -0.1) is 0 Å². The summed E-state index contributed by atoms with van der Waals surface area (Å²) in [6.07, 6.45) is 5.39. The van der Waals surface area contributed by atoms with Gasteiger partial charge in [0.25, 0.3) is 0 Å². The number of carbonyl (C=O) groups excluding carboxylic acids is 1. The van der Waals surface area contributed by atoms with Gasteiger partial charge in [0.05, 0.1) is 6.26 Å². The van der Waals surface area contributed by atoms with Crippen molar-refractivity contribution in [2.75, 3.05) is 5.75 Å². The summed E-state index contributed by atoms with van der Waals surface area (Å²) in [6, 6.07) is 3.70. The third-order valence-electron chi connectivity index (χ3n) is 1.21. The van der Waals surface area contributed by atoms with Crippen LogP contribution >= 0.6 is 11.8 Å². The maximum absolute atomic E-state index is 10.5. The highest BCUT2D eigenvalue weighted by Crippen LogP contribution is 2.05. The Morgan fingerprint density at radius 3 is 3.17 bits per heavy atom. The first kappa shape index (κ1) is 9.13. The predicted molar refractivity (Wildman–Crippen MR) is 50.9 cm³/mol. The maximum Gasteiger partial charge on any atom is 0.186 e. The number of hydrogen-bond acceptors (Lipinski definition) is 3. The number of rotatable bonds is 3. The fourth-order valence-electron chi connectivity index (χ4n) is 0.716. The van der Waals surface area contributed by atoms with Gasteiger partial charge in [-0.2, -0.15) is 0 Å². The normalized spacial score (nSPS) is 10.8. The quantitative estimate of drug-likeness (QED) is 0.719. The van der Waals surface area contributed by atoms with Gasteiger partial charge in [-0.05, 0) is 18.2 Å². The topological polar surface area (TPSA) is 30.2 Å². The molecule has 2 nitrogen and oxygen atoms in total. The molecular formula is C9H10O2S. The third kappa shape index (κ3) is 3.44. The summed E-state index contributed by atoms with van der Waals surface area (Å²) in [5, 5.41) is 0.138. The molecular weight excluding hydrogens is 172 g/mol. The van der Waals surface area contributed by atoms with Gasteiger partial charge in [0.2, 0.25) is 0 Å². The van der Waals surface area contributed by atoms with Gasteiger partial charge in [-0.1, -0.05) is 17.8 Å². The van der Waals surface area contributed by atoms with Gasteiger partial charge in [0.1, 0.15) is 5.76 Å². The molecule has 0 aromatic carbocycles. The second-order valence-electron chi connectivity index (χ2n) is 2.22. The molecule has 1 rings (SSSR count). The van der Waals surface area contributed by atoms with Crippen LogP contribution in [0.1, 0.15) is 12.7 Å². The van der Waals surface area contributed by atoms with Crippen LogP contribution in [0.2, 0.25) is 0 Å². The molecule has 0 N–H and O–H groups in total. The number of hydrogen-bond donors (Lipinski definition) is 0. The van der Waals surface area contributed by atoms with Crippen LogP contribution in [0, 0.1) is 0 Å². The first-order valence-electron chi connectivity index (χ1n) is 3.62. The smallest absolute Gasteiger partial charge is 0.186 e. The number of carbonyl (C=O) groups is 1. The average molecular weight is 182 g/mol. The van der Waals surface area contributed by atoms with Crippen molar-refractivity contribution < 1.29 is 9.21 Å². The monoisotopic (exact) mass is 182 g/mol. The van der Waals surface area contributed by atoms with Gasteiger partial charge < -0.3 is 4.42 Å². The predicted octanol–water partition coefficient (Wildman–Crippen LogP) is 2.57. The van der Waals surface area contributed by atoms with Gasteiger partial charge in [0, 0.05) is 12.7 Å². The van der Waals surface area contributed by atoms with E-state index in [1.54, 1.807) is 13.2 Å². The second-order valence-corrected chi connectivity index (χ2v) is 3.42. The van der Waals surface area contributed by atoms with Crippen LogP contribution in [0.3, 0.4) is 0 Å². The molecule has 0 radical (unpaired) electrons. The van der Waals surface area contributed by atoms with Crippen molar-refractivity contribution in [2.45, 2.75) is 6.92 Å². The summed E-state index contributed by atoms with van der Waals surface area (Å²) < 4.78 is 5.06. The van der Waals surface area contributed by atoms with E-state index in [0.717, 1.165) is 5.76 Å². The largest absolute Gasteiger partial charge is 0.465 e. The molecule has 0 saturated heterocycles. The zero-order valence-corrected chi connectivity index (χ0v) is 7.64. The van der Waals surface area contributed by atoms with E-state index in [1.165, 1.54) is 11.8 Å². The Labute approximate surface area is 75.6 Å². The minimum absolute atomic E-state index is 0.138. The van der Waals surface area contributed by atoms with E-state index in [2.05, 4.69) is 0 Å². The SMILES string of the molecule is CC(=O)SCC=Cc1ccco1. The summed E-state index contributed by atoms with van der Waals surface area (Å²) in [7, 11) is 0. The van der Waals surface area contributed by atoms with Crippen LogP contribution in [0.5, 0.6) is 0 Å². The molecule has 12 heavy (non-hydrogen) atoms. The Hall–Kier alpha value is -0.960. The van der Waals surface area contributed by atoms with E-state index in [1.807, 2.05) is 24.3 Å². The zero-order valence-electron chi connectivity index (χ0n) is 6.82. The van der Waals surface area contributed by atoms with Crippen LogP contribution in [-0.2, 0) is 4.79 Å². The van der Waals surface area contributed by atoms with Crippen LogP contribution < -0.4 is 0 Å². The van der Waals surface area contributed by atoms with E-state index >= 15 is 0 Å². The molecule has 1 aromatic heterocycles. The Kier molecular flexibility index (Phi) is 3.67. The molecule has 0 saturated carbocycles. The highest BCUT2D eigenvalue weighted by atomic mass is 32.2. The van der Waals surface area contributed by atoms with Gasteiger partial charge in [0.15, 0.2) is 5.12 Å². The fraction of sp³-hybridized carbons (Fsp3) is 0.222. The molecule has 0 aliphatic rings. The molecule has 0 atom stereocenters. The van der Waals surface area contributed by atoms with Gasteiger partial charge in [-0.3, -0.25) is 4.79 Å². The van der Waals surface area contributed by atoms with Gasteiger partial charge in [-0.25, -0.2) is 0 Å². The summed E-state index contributed by atoms with van der Waals surface area (Å²) in [6.45, 7) is 1.56. The first-order chi connectivity index (χ1) is 5.79. The third-order valence-corrected chi connectivity index (χ3v) is 1.97. The Bertz CT molecular complexity index is 262. The van der Waals surface area contributed by atoms with E-state index in [4.69, 9.17) is 4.42 Å². The molecule has 0 amide bonds. The molecule has 0 unspecified atom stereocenters. The zero-order chi connectivity index (χ0) is 8.81. The van der Waals surface area contributed by atoms with Crippen molar-refractivity contribution in [1.29, 1.82) is 0 Å². The molecule has 3 heteroatoms. The first-order valence-corrected chi connectivity index (χ1v) is 4.61. The lowest BCUT2D eigenvalue weighted by atomic mass is 10.4. The second kappa shape index (κ2) is 4.83. The van der Waals surface area contributed by atoms with Crippen molar-refractivity contribution in [2.24, 2.45) is 0 Å². The van der Waals surface area contributed by atoms with Crippen LogP contribution in [0.15, 0.2) is 28.9 Å². The highest BCUT2D eigenvalue weighted by Gasteiger charge is 1.90. The Morgan fingerprint density at radius 1 is 1.75 bits per heavy atom. The van der Waals surface area contributed by atoms with E-state index < -0.39 is 0 Å². The molecule has 0 aliphatic heterocycles. The number of furan rings is 1. The fourth-order valence-corrected chi connectivity index (χ4v) is 1.14. The van der Waals surface area contributed by atoms with E-state index in [0.29, 0.717) is 5.75 Å². The molecule has 1 aromatic rings. The summed E-state index contributed by atoms with van der Waals surface area (Å²) in [5.41, 5.74) is 0. The lowest BCUT2D eigenvalue weighted by Crippen LogP contribution is -1.80. The molecule has 0 spiro atoms. The highest BCUT2D eigenvalue weighted by molar-refractivity contribution is 8.13. The minimum Gasteiger partial charge on any atom is -0.465 e. The maximum atomic E-state index is 10.5. The van der Waals surface area contributed by atoms with Crippen molar-refractivity contribution >= 4 is 23.0 Å². The molecule has 1 heterocycles. The van der Waals surface area contributed by atoms with Crippen molar-refractivity contribution in [3.05, 3.63) is 30.2 Å². The van der Waals surface area contributed by atoms with E-state index in [-0.39, 0.29) is 5.12 Å². The summed E-state index contributed by atoms with van der Waals surface area (Å²) >= 11 is 1.29. The van der Waals surface area contributed by atoms with Gasteiger partial charge >= 0.3 is 0 Å². The lowest BCUT2D eigenvalue weighted by Gasteiger charge is -1.87. The standard InChI is InChI=1S/C9H10O2S/c1-8(10)12-7-3-5-9-4-2-6-11-9/h2-6H,7H2,1H3. The van der Waals surface area contributed by atoms with Crippen LogP contribution in [0.4, 0.5) is 0 Å². The van der Waals surface area contributed by atoms with Crippen molar-refractivity contribution in [3.8, 4) is 0 Å². The number of thioether (sulfide) groups is 1. The van der Waals surface area contributed by atoms with Crippen LogP contribution in [-0.4, -0.2) is 10.9 Å². The molecule has 0 fully saturated rings. The lowest BCUT2D eigenvalue weighted by molar-refractivity contribution is -0.109. The molecule has 0 aliphatic carbocycles. The summed E-state index contributed by atoms with van der Waals surface area (Å²) in [5.74, 6) is 1.52. The Balaban J connectivity index is 2.27. The van der Waals surface area contributed by atoms with E-state index in [9.17, 15) is 4.79 Å². The summed E-state index contributed by atoms with van der Waals surface area (Å²) in [4.78, 5) is 10.5. The van der Waals surface area contributed by atoms with Crippen molar-refractivity contribution in [1.82, 2.24) is 0 Å².